The van der Waals surface area contributed by atoms with E-state index in [0.29, 0.717) is 17.0 Å². The fraction of sp³-hybridized carbons (Fsp3) is 0.0435. The van der Waals surface area contributed by atoms with Crippen LogP contribution in [0.5, 0.6) is 5.75 Å². The number of imidazole rings is 1. The molecular formula is C23H19N3O2. The lowest BCUT2D eigenvalue weighted by Gasteiger charge is -2.07. The summed E-state index contributed by atoms with van der Waals surface area (Å²) in [5, 5.41) is 2.93. The van der Waals surface area contributed by atoms with Gasteiger partial charge in [-0.2, -0.15) is 0 Å². The Morgan fingerprint density at radius 3 is 2.43 bits per heavy atom. The molecule has 4 aromatic rings. The average Bonchev–Trinajstić information content (AvgIpc) is 3.25. The van der Waals surface area contributed by atoms with E-state index in [4.69, 9.17) is 4.74 Å². The Morgan fingerprint density at radius 2 is 1.68 bits per heavy atom. The highest BCUT2D eigenvalue weighted by Crippen LogP contribution is 2.24. The molecule has 1 heterocycles. The highest BCUT2D eigenvalue weighted by Gasteiger charge is 2.09. The fourth-order valence-electron chi connectivity index (χ4n) is 2.92. The zero-order chi connectivity index (χ0) is 19.3. The molecule has 0 bridgehead atoms. The Kier molecular flexibility index (Phi) is 4.89. The third kappa shape index (κ3) is 3.78. The van der Waals surface area contributed by atoms with Crippen molar-refractivity contribution in [1.29, 1.82) is 0 Å². The van der Waals surface area contributed by atoms with E-state index < -0.39 is 0 Å². The van der Waals surface area contributed by atoms with Gasteiger partial charge in [0.1, 0.15) is 11.6 Å². The van der Waals surface area contributed by atoms with Gasteiger partial charge in [-0.3, -0.25) is 4.79 Å². The van der Waals surface area contributed by atoms with Crippen LogP contribution >= 0.6 is 0 Å². The molecule has 0 unspecified atom stereocenters. The smallest absolute Gasteiger partial charge is 0.255 e. The molecule has 1 aromatic heterocycles. The number of benzene rings is 3. The molecule has 0 aliphatic heterocycles. The molecule has 0 aliphatic rings. The maximum absolute atomic E-state index is 12.5. The van der Waals surface area contributed by atoms with Gasteiger partial charge in [0, 0.05) is 22.4 Å². The molecule has 5 nitrogen and oxygen atoms in total. The van der Waals surface area contributed by atoms with Gasteiger partial charge in [0.2, 0.25) is 0 Å². The van der Waals surface area contributed by atoms with Gasteiger partial charge in [0.15, 0.2) is 0 Å². The molecule has 0 saturated carbocycles. The van der Waals surface area contributed by atoms with Crippen LogP contribution in [0.15, 0.2) is 85.1 Å². The molecule has 1 amide bonds. The Hall–Kier alpha value is -3.86. The van der Waals surface area contributed by atoms with Crippen molar-refractivity contribution in [2.75, 3.05) is 12.4 Å². The summed E-state index contributed by atoms with van der Waals surface area (Å²) in [7, 11) is 1.60. The van der Waals surface area contributed by atoms with E-state index in [9.17, 15) is 4.79 Å². The monoisotopic (exact) mass is 369 g/mol. The van der Waals surface area contributed by atoms with Crippen LogP contribution in [0.1, 0.15) is 10.4 Å². The standard InChI is InChI=1S/C23H19N3O2/c1-28-20-12-10-17(11-13-20)23(27)25-19-9-5-8-18(14-19)21-15-24-22(26-21)16-6-3-2-4-7-16/h2-15H,1H3,(H,24,26)(H,25,27). The van der Waals surface area contributed by atoms with Crippen molar-refractivity contribution < 1.29 is 9.53 Å². The second kappa shape index (κ2) is 7.80. The molecule has 0 saturated heterocycles. The molecule has 4 rings (SSSR count). The first-order chi connectivity index (χ1) is 13.7. The Morgan fingerprint density at radius 1 is 0.929 bits per heavy atom. The van der Waals surface area contributed by atoms with Crippen molar-refractivity contribution in [1.82, 2.24) is 9.97 Å². The summed E-state index contributed by atoms with van der Waals surface area (Å²) in [6, 6.07) is 24.6. The minimum absolute atomic E-state index is 0.172. The second-order valence-electron chi connectivity index (χ2n) is 6.27. The number of ether oxygens (including phenoxy) is 1. The van der Waals surface area contributed by atoms with Crippen molar-refractivity contribution in [2.45, 2.75) is 0 Å². The van der Waals surface area contributed by atoms with Gasteiger partial charge in [0.05, 0.1) is 19.0 Å². The summed E-state index contributed by atoms with van der Waals surface area (Å²) in [5.74, 6) is 1.35. The van der Waals surface area contributed by atoms with Crippen molar-refractivity contribution in [3.05, 3.63) is 90.6 Å². The van der Waals surface area contributed by atoms with Crippen LogP contribution in [0.3, 0.4) is 0 Å². The van der Waals surface area contributed by atoms with Crippen LogP contribution in [0, 0.1) is 0 Å². The number of aromatic nitrogens is 2. The lowest BCUT2D eigenvalue weighted by Crippen LogP contribution is -2.11. The van der Waals surface area contributed by atoms with Crippen LogP contribution in [0.25, 0.3) is 22.6 Å². The molecule has 138 valence electrons. The molecule has 3 aromatic carbocycles. The molecule has 0 atom stereocenters. The van der Waals surface area contributed by atoms with E-state index in [1.54, 1.807) is 37.6 Å². The first-order valence-corrected chi connectivity index (χ1v) is 8.89. The lowest BCUT2D eigenvalue weighted by atomic mass is 10.1. The molecule has 5 heteroatoms. The summed E-state index contributed by atoms with van der Waals surface area (Å²) < 4.78 is 5.12. The van der Waals surface area contributed by atoms with Crippen molar-refractivity contribution in [3.8, 4) is 28.4 Å². The number of aromatic amines is 1. The number of hydrogen-bond donors (Lipinski definition) is 2. The van der Waals surface area contributed by atoms with E-state index in [2.05, 4.69) is 15.3 Å². The number of rotatable bonds is 5. The Bertz CT molecular complexity index is 1090. The number of carbonyl (C=O) groups excluding carboxylic acids is 1. The van der Waals surface area contributed by atoms with E-state index in [0.717, 1.165) is 22.6 Å². The Labute approximate surface area is 163 Å². The third-order valence-electron chi connectivity index (χ3n) is 4.41. The number of anilines is 1. The summed E-state index contributed by atoms with van der Waals surface area (Å²) in [4.78, 5) is 20.3. The fourth-order valence-corrected chi connectivity index (χ4v) is 2.92. The topological polar surface area (TPSA) is 67.0 Å². The number of nitrogens with one attached hydrogen (secondary N) is 2. The van der Waals surface area contributed by atoms with E-state index in [1.165, 1.54) is 0 Å². The molecule has 0 spiro atoms. The van der Waals surface area contributed by atoms with Gasteiger partial charge in [0.25, 0.3) is 5.91 Å². The van der Waals surface area contributed by atoms with Crippen LogP contribution in [0.2, 0.25) is 0 Å². The number of methoxy groups -OCH3 is 1. The van der Waals surface area contributed by atoms with Gasteiger partial charge in [-0.05, 0) is 36.4 Å². The molecule has 0 fully saturated rings. The van der Waals surface area contributed by atoms with E-state index >= 15 is 0 Å². The van der Waals surface area contributed by atoms with E-state index in [1.807, 2.05) is 54.6 Å². The zero-order valence-electron chi connectivity index (χ0n) is 15.3. The number of H-pyrrole nitrogens is 1. The summed E-state index contributed by atoms with van der Waals surface area (Å²) in [6.07, 6.45) is 1.80. The molecule has 0 aliphatic carbocycles. The minimum Gasteiger partial charge on any atom is -0.497 e. The summed E-state index contributed by atoms with van der Waals surface area (Å²) in [5.41, 5.74) is 4.15. The molecule has 28 heavy (non-hydrogen) atoms. The lowest BCUT2D eigenvalue weighted by molar-refractivity contribution is 0.102. The minimum atomic E-state index is -0.172. The maximum Gasteiger partial charge on any atom is 0.255 e. The number of carbonyl (C=O) groups is 1. The van der Waals surface area contributed by atoms with Crippen molar-refractivity contribution in [2.24, 2.45) is 0 Å². The second-order valence-corrected chi connectivity index (χ2v) is 6.27. The SMILES string of the molecule is COc1ccc(C(=O)Nc2cccc(-c3cnc(-c4ccccc4)[nH]3)c2)cc1. The highest BCUT2D eigenvalue weighted by molar-refractivity contribution is 6.04. The number of nitrogens with zero attached hydrogens (tertiary/aromatic N) is 1. The Balaban J connectivity index is 1.53. The molecular weight excluding hydrogens is 350 g/mol. The largest absolute Gasteiger partial charge is 0.497 e. The summed E-state index contributed by atoms with van der Waals surface area (Å²) in [6.45, 7) is 0. The van der Waals surface area contributed by atoms with Gasteiger partial charge in [-0.15, -0.1) is 0 Å². The predicted octanol–water partition coefficient (Wildman–Crippen LogP) is 5.00. The molecule has 0 radical (unpaired) electrons. The zero-order valence-corrected chi connectivity index (χ0v) is 15.3. The number of hydrogen-bond acceptors (Lipinski definition) is 3. The van der Waals surface area contributed by atoms with Crippen LogP contribution in [0.4, 0.5) is 5.69 Å². The van der Waals surface area contributed by atoms with Crippen molar-refractivity contribution >= 4 is 11.6 Å². The number of amides is 1. The van der Waals surface area contributed by atoms with Gasteiger partial charge < -0.3 is 15.0 Å². The summed E-state index contributed by atoms with van der Waals surface area (Å²) >= 11 is 0. The first kappa shape index (κ1) is 17.5. The quantitative estimate of drug-likeness (QED) is 0.520. The predicted molar refractivity (Wildman–Crippen MR) is 110 cm³/mol. The van der Waals surface area contributed by atoms with E-state index in [-0.39, 0.29) is 5.91 Å². The van der Waals surface area contributed by atoms with Gasteiger partial charge >= 0.3 is 0 Å². The third-order valence-corrected chi connectivity index (χ3v) is 4.41. The average molecular weight is 369 g/mol. The van der Waals surface area contributed by atoms with Crippen LogP contribution < -0.4 is 10.1 Å². The molecule has 2 N–H and O–H groups in total. The maximum atomic E-state index is 12.5. The van der Waals surface area contributed by atoms with Crippen LogP contribution in [-0.4, -0.2) is 23.0 Å². The highest BCUT2D eigenvalue weighted by atomic mass is 16.5. The van der Waals surface area contributed by atoms with Gasteiger partial charge in [-0.25, -0.2) is 4.98 Å². The van der Waals surface area contributed by atoms with Crippen LogP contribution in [-0.2, 0) is 0 Å². The normalized spacial score (nSPS) is 10.5. The van der Waals surface area contributed by atoms with Gasteiger partial charge in [-0.1, -0.05) is 42.5 Å². The van der Waals surface area contributed by atoms with Crippen molar-refractivity contribution in [3.63, 3.8) is 0 Å². The first-order valence-electron chi connectivity index (χ1n) is 8.89.